The van der Waals surface area contributed by atoms with Crippen molar-refractivity contribution >= 4 is 39.7 Å². The lowest BCUT2D eigenvalue weighted by Gasteiger charge is -2.19. The van der Waals surface area contributed by atoms with Crippen LogP contribution in [0.1, 0.15) is 35.4 Å². The molecule has 0 N–H and O–H groups in total. The maximum atomic E-state index is 12.2. The number of nitrogens with zero attached hydrogens (tertiary/aromatic N) is 4. The Morgan fingerprint density at radius 1 is 1.17 bits per heavy atom. The van der Waals surface area contributed by atoms with Crippen LogP contribution in [-0.2, 0) is 11.3 Å². The maximum Gasteiger partial charge on any atom is 0.240 e. The Morgan fingerprint density at radius 2 is 1.83 bits per heavy atom. The third-order valence-corrected chi connectivity index (χ3v) is 6.50. The number of halogens is 1. The van der Waals surface area contributed by atoms with Crippen LogP contribution in [-0.4, -0.2) is 28.7 Å². The zero-order valence-corrected chi connectivity index (χ0v) is 17.8. The molecule has 0 bridgehead atoms. The predicted molar refractivity (Wildman–Crippen MR) is 119 cm³/mol. The molecule has 0 saturated heterocycles. The Hall–Kier alpha value is -2.70. The van der Waals surface area contributed by atoms with E-state index < -0.39 is 0 Å². The zero-order chi connectivity index (χ0) is 20.4. The van der Waals surface area contributed by atoms with Crippen molar-refractivity contribution in [2.24, 2.45) is 5.10 Å². The lowest BCUT2D eigenvalue weighted by atomic mass is 10.0. The van der Waals surface area contributed by atoms with Crippen LogP contribution in [0.5, 0.6) is 0 Å². The van der Waals surface area contributed by atoms with Crippen molar-refractivity contribution in [3.8, 4) is 0 Å². The summed E-state index contributed by atoms with van der Waals surface area (Å²) in [6, 6.07) is 19.9. The molecule has 1 amide bonds. The summed E-state index contributed by atoms with van der Waals surface area (Å²) in [6.07, 6.45) is 0.618. The molecule has 5 nitrogen and oxygen atoms in total. The second-order valence-corrected chi connectivity index (χ2v) is 8.36. The lowest BCUT2D eigenvalue weighted by molar-refractivity contribution is -0.130. The lowest BCUT2D eigenvalue weighted by Crippen LogP contribution is -2.23. The van der Waals surface area contributed by atoms with Crippen LogP contribution in [0.3, 0.4) is 0 Å². The van der Waals surface area contributed by atoms with Gasteiger partial charge in [-0.15, -0.1) is 0 Å². The van der Waals surface area contributed by atoms with Gasteiger partial charge in [0.25, 0.3) is 0 Å². The minimum Gasteiger partial charge on any atom is -0.347 e. The van der Waals surface area contributed by atoms with E-state index in [1.807, 2.05) is 55.6 Å². The van der Waals surface area contributed by atoms with Crippen LogP contribution in [0.2, 0.25) is 5.15 Å². The topological polar surface area (TPSA) is 48.8 Å². The van der Waals surface area contributed by atoms with Crippen LogP contribution in [0.25, 0.3) is 0 Å². The molecule has 2 aromatic carbocycles. The fraction of sp³-hybridized carbons (Fsp3) is 0.227. The van der Waals surface area contributed by atoms with Crippen LogP contribution >= 0.6 is 22.9 Å². The van der Waals surface area contributed by atoms with E-state index in [4.69, 9.17) is 11.6 Å². The van der Waals surface area contributed by atoms with Crippen molar-refractivity contribution in [1.82, 2.24) is 9.99 Å². The predicted octanol–water partition coefficient (Wildman–Crippen LogP) is 5.13. The summed E-state index contributed by atoms with van der Waals surface area (Å²) in [4.78, 5) is 19.8. The maximum absolute atomic E-state index is 12.2. The molecule has 0 radical (unpaired) electrons. The van der Waals surface area contributed by atoms with Gasteiger partial charge in [-0.1, -0.05) is 83.6 Å². The summed E-state index contributed by atoms with van der Waals surface area (Å²) < 4.78 is 0. The number of rotatable bonds is 5. The van der Waals surface area contributed by atoms with Crippen molar-refractivity contribution in [1.29, 1.82) is 0 Å². The van der Waals surface area contributed by atoms with E-state index in [9.17, 15) is 4.79 Å². The van der Waals surface area contributed by atoms with Gasteiger partial charge in [0.15, 0.2) is 5.13 Å². The molecule has 1 atom stereocenters. The van der Waals surface area contributed by atoms with Crippen LogP contribution in [0.15, 0.2) is 65.8 Å². The summed E-state index contributed by atoms with van der Waals surface area (Å²) in [5, 5.41) is 7.38. The van der Waals surface area contributed by atoms with Gasteiger partial charge in [-0.25, -0.2) is 9.99 Å². The standard InChI is InChI=1S/C22H21ClN4OS/c1-15(28)27-19(13-18(25-27)17-11-7-4-8-12-17)20-21(23)24-22(29-20)26(2)14-16-9-5-3-6-10-16/h3-12,19H,13-14H2,1-2H3. The summed E-state index contributed by atoms with van der Waals surface area (Å²) >= 11 is 8.04. The number of benzene rings is 2. The third kappa shape index (κ3) is 4.18. The van der Waals surface area contributed by atoms with E-state index in [1.54, 1.807) is 0 Å². The minimum absolute atomic E-state index is 0.107. The fourth-order valence-electron chi connectivity index (χ4n) is 3.41. The number of hydrogen-bond donors (Lipinski definition) is 0. The SMILES string of the molecule is CC(=O)N1N=C(c2ccccc2)CC1c1sc(N(C)Cc2ccccc2)nc1Cl. The van der Waals surface area contributed by atoms with Gasteiger partial charge in [0.05, 0.1) is 16.6 Å². The quantitative estimate of drug-likeness (QED) is 0.570. The van der Waals surface area contributed by atoms with E-state index >= 15 is 0 Å². The van der Waals surface area contributed by atoms with Gasteiger partial charge in [-0.3, -0.25) is 4.79 Å². The molecule has 29 heavy (non-hydrogen) atoms. The van der Waals surface area contributed by atoms with E-state index in [-0.39, 0.29) is 11.9 Å². The van der Waals surface area contributed by atoms with Crippen molar-refractivity contribution in [2.75, 3.05) is 11.9 Å². The van der Waals surface area contributed by atoms with Crippen molar-refractivity contribution in [2.45, 2.75) is 25.9 Å². The minimum atomic E-state index is -0.230. The molecule has 1 aromatic heterocycles. The van der Waals surface area contributed by atoms with Crippen molar-refractivity contribution in [3.05, 3.63) is 81.8 Å². The highest BCUT2D eigenvalue weighted by atomic mass is 35.5. The van der Waals surface area contributed by atoms with Crippen molar-refractivity contribution < 1.29 is 4.79 Å². The number of hydrazone groups is 1. The molecule has 148 valence electrons. The van der Waals surface area contributed by atoms with Crippen LogP contribution < -0.4 is 4.90 Å². The molecule has 0 saturated carbocycles. The normalized spacial score (nSPS) is 16.0. The van der Waals surface area contributed by atoms with Crippen molar-refractivity contribution in [3.63, 3.8) is 0 Å². The number of carbonyl (C=O) groups is 1. The summed E-state index contributed by atoms with van der Waals surface area (Å²) in [6.45, 7) is 2.26. The summed E-state index contributed by atoms with van der Waals surface area (Å²) in [5.74, 6) is -0.107. The first kappa shape index (κ1) is 19.6. The highest BCUT2D eigenvalue weighted by Gasteiger charge is 2.35. The molecule has 1 aliphatic rings. The highest BCUT2D eigenvalue weighted by molar-refractivity contribution is 7.16. The molecular formula is C22H21ClN4OS. The van der Waals surface area contributed by atoms with Gasteiger partial charge >= 0.3 is 0 Å². The number of amides is 1. The Labute approximate surface area is 179 Å². The first-order valence-electron chi connectivity index (χ1n) is 9.37. The van der Waals surface area contributed by atoms with E-state index in [1.165, 1.54) is 28.8 Å². The van der Waals surface area contributed by atoms with E-state index in [2.05, 4.69) is 27.1 Å². The molecule has 0 spiro atoms. The summed E-state index contributed by atoms with van der Waals surface area (Å²) in [7, 11) is 2.00. The van der Waals surface area contributed by atoms with Gasteiger partial charge in [0.2, 0.25) is 5.91 Å². The number of anilines is 1. The van der Waals surface area contributed by atoms with E-state index in [0.717, 1.165) is 27.8 Å². The molecule has 7 heteroatoms. The van der Waals surface area contributed by atoms with Crippen LogP contribution in [0, 0.1) is 0 Å². The number of aromatic nitrogens is 1. The Morgan fingerprint density at radius 3 is 2.48 bits per heavy atom. The van der Waals surface area contributed by atoms with Gasteiger partial charge in [0.1, 0.15) is 5.15 Å². The fourth-order valence-corrected chi connectivity index (χ4v) is 4.78. The average molecular weight is 425 g/mol. The first-order chi connectivity index (χ1) is 14.0. The Balaban J connectivity index is 1.59. The van der Waals surface area contributed by atoms with Gasteiger partial charge < -0.3 is 4.90 Å². The highest BCUT2D eigenvalue weighted by Crippen LogP contribution is 2.41. The van der Waals surface area contributed by atoms with Gasteiger partial charge in [-0.2, -0.15) is 5.10 Å². The number of thiazole rings is 1. The number of hydrogen-bond acceptors (Lipinski definition) is 5. The zero-order valence-electron chi connectivity index (χ0n) is 16.2. The Kier molecular flexibility index (Phi) is 5.65. The van der Waals surface area contributed by atoms with E-state index in [0.29, 0.717) is 11.6 Å². The second-order valence-electron chi connectivity index (χ2n) is 6.99. The molecule has 4 rings (SSSR count). The average Bonchev–Trinajstić information content (AvgIpc) is 3.33. The van der Waals surface area contributed by atoms with Gasteiger partial charge in [0, 0.05) is 26.9 Å². The molecule has 3 aromatic rings. The molecular weight excluding hydrogens is 404 g/mol. The summed E-state index contributed by atoms with van der Waals surface area (Å²) in [5.41, 5.74) is 3.10. The second kappa shape index (κ2) is 8.35. The monoisotopic (exact) mass is 424 g/mol. The van der Waals surface area contributed by atoms with Crippen LogP contribution in [0.4, 0.5) is 5.13 Å². The first-order valence-corrected chi connectivity index (χ1v) is 10.6. The third-order valence-electron chi connectivity index (χ3n) is 4.83. The molecule has 0 fully saturated rings. The molecule has 1 unspecified atom stereocenters. The molecule has 1 aliphatic heterocycles. The molecule has 0 aliphatic carbocycles. The molecule has 2 heterocycles. The Bertz CT molecular complexity index is 1040. The number of carbonyl (C=O) groups excluding carboxylic acids is 1. The smallest absolute Gasteiger partial charge is 0.240 e. The van der Waals surface area contributed by atoms with Gasteiger partial charge in [-0.05, 0) is 11.1 Å². The largest absolute Gasteiger partial charge is 0.347 e.